The molecule has 5 atom stereocenters. The van der Waals surface area contributed by atoms with Crippen molar-refractivity contribution < 1.29 is 24.2 Å². The van der Waals surface area contributed by atoms with Crippen LogP contribution < -0.4 is 0 Å². The molecule has 0 N–H and O–H groups in total. The van der Waals surface area contributed by atoms with Gasteiger partial charge in [-0.2, -0.15) is 30.3 Å². The van der Waals surface area contributed by atoms with E-state index in [-0.39, 0.29) is 24.8 Å². The van der Waals surface area contributed by atoms with E-state index >= 15 is 0 Å². The minimum atomic E-state index is 0. The van der Waals surface area contributed by atoms with E-state index in [1.54, 1.807) is 17.0 Å². The van der Waals surface area contributed by atoms with E-state index in [0.29, 0.717) is 5.41 Å². The van der Waals surface area contributed by atoms with Crippen LogP contribution in [-0.4, -0.2) is 4.21 Å². The molecule has 0 bridgehead atoms. The van der Waals surface area contributed by atoms with Gasteiger partial charge in [-0.15, -0.1) is 55.0 Å². The molecule has 0 amide bonds. The molecule has 0 saturated heterocycles. The molecule has 0 radical (unpaired) electrons. The summed E-state index contributed by atoms with van der Waals surface area (Å²) in [6, 6.07) is 26.7. The third-order valence-electron chi connectivity index (χ3n) is 11.1. The Kier molecular flexibility index (Phi) is 14.0. The zero-order valence-electron chi connectivity index (χ0n) is 26.9. The van der Waals surface area contributed by atoms with Crippen molar-refractivity contribution in [1.82, 2.24) is 0 Å². The normalized spacial score (nSPS) is 26.3. The van der Waals surface area contributed by atoms with Crippen molar-refractivity contribution in [2.45, 2.75) is 78.6 Å². The summed E-state index contributed by atoms with van der Waals surface area (Å²) in [5.41, 5.74) is 7.35. The summed E-state index contributed by atoms with van der Waals surface area (Å²) in [5.74, 6) is 6.00. The van der Waals surface area contributed by atoms with E-state index in [4.69, 9.17) is 0 Å². The Bertz CT molecular complexity index is 1370. The van der Waals surface area contributed by atoms with Crippen LogP contribution in [0.4, 0.5) is 0 Å². The largest absolute Gasteiger partial charge is 0.183 e. The van der Waals surface area contributed by atoms with Gasteiger partial charge in [0.15, 0.2) is 0 Å². The molecule has 3 aromatic rings. The van der Waals surface area contributed by atoms with Crippen molar-refractivity contribution in [2.75, 3.05) is 0 Å². The van der Waals surface area contributed by atoms with Crippen molar-refractivity contribution in [3.8, 4) is 0 Å². The molecule has 5 unspecified atom stereocenters. The molecule has 0 nitrogen and oxygen atoms in total. The van der Waals surface area contributed by atoms with Crippen LogP contribution in [0.5, 0.6) is 0 Å². The molecule has 0 heterocycles. The molecular formula is C41H49Cl2Zr-3. The summed E-state index contributed by atoms with van der Waals surface area (Å²) in [4.78, 5) is 0. The van der Waals surface area contributed by atoms with Crippen molar-refractivity contribution in [3.63, 3.8) is 0 Å². The average molecular weight is 704 g/mol. The van der Waals surface area contributed by atoms with Gasteiger partial charge in [-0.05, 0) is 30.6 Å². The summed E-state index contributed by atoms with van der Waals surface area (Å²) in [6.45, 7) is 9.99. The van der Waals surface area contributed by atoms with Gasteiger partial charge in [0.1, 0.15) is 0 Å². The van der Waals surface area contributed by atoms with E-state index in [2.05, 4.69) is 92.6 Å². The molecule has 0 aromatic heterocycles. The second kappa shape index (κ2) is 16.8. The minimum Gasteiger partial charge on any atom is -0.183 e. The fourth-order valence-corrected chi connectivity index (χ4v) is 8.42. The minimum absolute atomic E-state index is 0. The predicted octanol–water partition coefficient (Wildman–Crippen LogP) is 11.5. The smallest absolute Gasteiger partial charge is 0.0648 e. The summed E-state index contributed by atoms with van der Waals surface area (Å²) in [6.07, 6.45) is 18.5. The topological polar surface area (TPSA) is 0 Å². The molecule has 3 aromatic carbocycles. The number of hydrogen-bond acceptors (Lipinski definition) is 0. The van der Waals surface area contributed by atoms with Gasteiger partial charge in [-0.1, -0.05) is 117 Å². The summed E-state index contributed by atoms with van der Waals surface area (Å²) >= 11 is 1.30. The van der Waals surface area contributed by atoms with Crippen LogP contribution in [0.15, 0.2) is 96.1 Å². The number of fused-ring (bicyclic) bond motifs is 8. The van der Waals surface area contributed by atoms with Crippen molar-refractivity contribution in [2.24, 2.45) is 29.1 Å². The molecule has 8 rings (SSSR count). The first-order valence-corrected chi connectivity index (χ1v) is 17.8. The Balaban J connectivity index is 0.000000230. The monoisotopic (exact) mass is 701 g/mol. The van der Waals surface area contributed by atoms with Crippen LogP contribution in [-0.2, 0) is 30.7 Å². The molecule has 5 aliphatic carbocycles. The molecule has 2 saturated carbocycles. The van der Waals surface area contributed by atoms with Crippen LogP contribution in [0.25, 0.3) is 10.8 Å². The SMILES string of the molecule is C[C-]1C2=C3Cc4ccccc4C3C3CCCCC3C2CC(C)C1(C)C.Cl.Cl.[C-]1=CC=CC1.[CH2]=[Zr].[c-]1ccc2ccccc2c1. The standard InChI is InChI=1S/C25H33.C10H7.C5H5.CH2.2ClH.Zr/c1-15-13-21-19-11-7-8-12-20(19)24-18-10-6-5-9-17(18)14-22(24)23(21)16(2)25(15,3)4;1-2-6-10-8-4-3-7-9(10)5-1;1-2-4-5-3-1;;;;/h5-6,9-10,15,19-21,24H,7-8,11-14H2,1-4H3;1-3,5-8H;1-3H,4H2;1H2;2*1H;/q3*-1;;;;. The molecule has 44 heavy (non-hydrogen) atoms. The Morgan fingerprint density at radius 2 is 1.59 bits per heavy atom. The molecular weight excluding hydrogens is 655 g/mol. The zero-order chi connectivity index (χ0) is 29.7. The van der Waals surface area contributed by atoms with Gasteiger partial charge >= 0.3 is 28.4 Å². The van der Waals surface area contributed by atoms with Crippen molar-refractivity contribution in [1.29, 1.82) is 0 Å². The van der Waals surface area contributed by atoms with E-state index < -0.39 is 0 Å². The molecule has 2 fully saturated rings. The van der Waals surface area contributed by atoms with Gasteiger partial charge in [0.05, 0.1) is 0 Å². The van der Waals surface area contributed by atoms with E-state index in [1.807, 2.05) is 47.6 Å². The maximum Gasteiger partial charge on any atom is -0.0648 e. The van der Waals surface area contributed by atoms with Crippen LogP contribution in [0.1, 0.15) is 83.3 Å². The number of allylic oxidation sites excluding steroid dienone is 6. The molecule has 3 heteroatoms. The van der Waals surface area contributed by atoms with Crippen LogP contribution >= 0.6 is 24.8 Å². The van der Waals surface area contributed by atoms with Crippen LogP contribution in [0, 0.1) is 47.1 Å². The summed E-state index contributed by atoms with van der Waals surface area (Å²) in [5, 5.41) is 2.53. The van der Waals surface area contributed by atoms with Gasteiger partial charge in [-0.25, -0.2) is 29.2 Å². The number of hydrogen-bond donors (Lipinski definition) is 0. The van der Waals surface area contributed by atoms with Gasteiger partial charge in [0.25, 0.3) is 0 Å². The quantitative estimate of drug-likeness (QED) is 0.205. The maximum absolute atomic E-state index is 3.34. The second-order valence-electron chi connectivity index (χ2n) is 13.3. The third-order valence-corrected chi connectivity index (χ3v) is 11.1. The van der Waals surface area contributed by atoms with E-state index in [0.717, 1.165) is 36.0 Å². The van der Waals surface area contributed by atoms with Gasteiger partial charge in [0, 0.05) is 0 Å². The molecule has 5 aliphatic rings. The fourth-order valence-electron chi connectivity index (χ4n) is 8.42. The van der Waals surface area contributed by atoms with E-state index in [9.17, 15) is 0 Å². The van der Waals surface area contributed by atoms with E-state index in [1.165, 1.54) is 73.5 Å². The zero-order valence-corrected chi connectivity index (χ0v) is 31.0. The van der Waals surface area contributed by atoms with Gasteiger partial charge in [0.2, 0.25) is 0 Å². The Morgan fingerprint density at radius 3 is 2.25 bits per heavy atom. The third kappa shape index (κ3) is 7.48. The Hall–Kier alpha value is -1.66. The number of halogens is 2. The predicted molar refractivity (Wildman–Crippen MR) is 191 cm³/mol. The average Bonchev–Trinajstić information content (AvgIpc) is 3.74. The van der Waals surface area contributed by atoms with Crippen LogP contribution in [0.3, 0.4) is 0 Å². The number of benzene rings is 3. The molecule has 234 valence electrons. The second-order valence-corrected chi connectivity index (χ2v) is 13.3. The maximum atomic E-state index is 3.34. The first-order chi connectivity index (χ1) is 20.5. The Labute approximate surface area is 295 Å². The fraction of sp³-hybridized carbons (Fsp3) is 0.415. The van der Waals surface area contributed by atoms with Gasteiger partial charge < -0.3 is 0 Å². The first kappa shape index (κ1) is 36.8. The molecule has 0 spiro atoms. The van der Waals surface area contributed by atoms with Crippen LogP contribution in [0.2, 0.25) is 0 Å². The van der Waals surface area contributed by atoms with Crippen molar-refractivity contribution >= 4 is 39.8 Å². The number of rotatable bonds is 0. The van der Waals surface area contributed by atoms with Crippen molar-refractivity contribution in [3.05, 3.63) is 125 Å². The molecule has 0 aliphatic heterocycles. The van der Waals surface area contributed by atoms with Gasteiger partial charge in [-0.3, -0.25) is 6.08 Å². The summed E-state index contributed by atoms with van der Waals surface area (Å²) in [7, 11) is 0. The Morgan fingerprint density at radius 1 is 0.909 bits per heavy atom. The summed E-state index contributed by atoms with van der Waals surface area (Å²) < 4.78 is 3.34. The first-order valence-electron chi connectivity index (χ1n) is 16.0.